The summed E-state index contributed by atoms with van der Waals surface area (Å²) in [4.78, 5) is 16.2. The maximum atomic E-state index is 12.1. The topological polar surface area (TPSA) is 48.4 Å². The Kier molecular flexibility index (Phi) is 2.68. The van der Waals surface area contributed by atoms with E-state index in [-0.39, 0.29) is 12.6 Å². The maximum Gasteiger partial charge on any atom is 0.231 e. The lowest BCUT2D eigenvalue weighted by Crippen LogP contribution is -2.04. The van der Waals surface area contributed by atoms with Crippen molar-refractivity contribution in [3.63, 3.8) is 0 Å². The van der Waals surface area contributed by atoms with E-state index in [1.807, 2.05) is 18.2 Å². The summed E-state index contributed by atoms with van der Waals surface area (Å²) in [7, 11) is 0. The van der Waals surface area contributed by atoms with E-state index in [1.165, 1.54) is 0 Å². The number of benzene rings is 1. The van der Waals surface area contributed by atoms with Crippen molar-refractivity contribution in [1.29, 1.82) is 0 Å². The van der Waals surface area contributed by atoms with Crippen LogP contribution in [0.4, 0.5) is 0 Å². The lowest BCUT2D eigenvalue weighted by molar-refractivity contribution is 0.0991. The van der Waals surface area contributed by atoms with Crippen molar-refractivity contribution in [1.82, 2.24) is 4.98 Å². The van der Waals surface area contributed by atoms with Gasteiger partial charge < -0.3 is 9.47 Å². The van der Waals surface area contributed by atoms with Gasteiger partial charge in [-0.3, -0.25) is 9.78 Å². The predicted molar refractivity (Wildman–Crippen MR) is 64.8 cm³/mol. The largest absolute Gasteiger partial charge is 0.454 e. The zero-order valence-electron chi connectivity index (χ0n) is 9.63. The van der Waals surface area contributed by atoms with Crippen LogP contribution in [-0.2, 0) is 6.42 Å². The van der Waals surface area contributed by atoms with Crippen LogP contribution in [0.2, 0.25) is 0 Å². The molecule has 0 fully saturated rings. The Morgan fingerprint density at radius 2 is 2.06 bits per heavy atom. The Morgan fingerprint density at radius 1 is 1.17 bits per heavy atom. The van der Waals surface area contributed by atoms with Gasteiger partial charge in [0.1, 0.15) is 0 Å². The molecule has 1 aliphatic rings. The van der Waals surface area contributed by atoms with Crippen LogP contribution in [0.15, 0.2) is 42.6 Å². The molecule has 0 radical (unpaired) electrons. The number of fused-ring (bicyclic) bond motifs is 1. The first-order valence-corrected chi connectivity index (χ1v) is 5.66. The van der Waals surface area contributed by atoms with E-state index in [0.717, 1.165) is 5.69 Å². The highest BCUT2D eigenvalue weighted by molar-refractivity contribution is 5.97. The predicted octanol–water partition coefficient (Wildman–Crippen LogP) is 2.24. The third-order valence-electron chi connectivity index (χ3n) is 2.76. The number of nitrogens with zero attached hydrogens (tertiary/aromatic N) is 1. The van der Waals surface area contributed by atoms with Gasteiger partial charge in [-0.25, -0.2) is 0 Å². The maximum absolute atomic E-state index is 12.1. The lowest BCUT2D eigenvalue weighted by Gasteiger charge is -2.02. The summed E-state index contributed by atoms with van der Waals surface area (Å²) in [6, 6.07) is 10.8. The van der Waals surface area contributed by atoms with E-state index in [1.54, 1.807) is 24.4 Å². The number of ketones is 1. The Morgan fingerprint density at radius 3 is 2.89 bits per heavy atom. The molecule has 4 heteroatoms. The standard InChI is InChI=1S/C14H11NO3/c16-12(8-11-3-1-2-6-15-11)10-4-5-13-14(7-10)18-9-17-13/h1-7H,8-9H2. The third-order valence-corrected chi connectivity index (χ3v) is 2.76. The van der Waals surface area contributed by atoms with Crippen LogP contribution in [0.25, 0.3) is 0 Å². The number of hydrogen-bond donors (Lipinski definition) is 0. The van der Waals surface area contributed by atoms with Crippen LogP contribution in [0.5, 0.6) is 11.5 Å². The van der Waals surface area contributed by atoms with E-state index in [4.69, 9.17) is 9.47 Å². The summed E-state index contributed by atoms with van der Waals surface area (Å²) in [5, 5.41) is 0. The number of carbonyl (C=O) groups is 1. The van der Waals surface area contributed by atoms with E-state index in [9.17, 15) is 4.79 Å². The number of hydrogen-bond acceptors (Lipinski definition) is 4. The molecule has 1 aliphatic heterocycles. The van der Waals surface area contributed by atoms with Crippen molar-refractivity contribution in [3.05, 3.63) is 53.9 Å². The molecule has 0 saturated carbocycles. The minimum absolute atomic E-state index is 0.0204. The van der Waals surface area contributed by atoms with Gasteiger partial charge in [0.2, 0.25) is 6.79 Å². The summed E-state index contributed by atoms with van der Waals surface area (Å²) < 4.78 is 10.5. The van der Waals surface area contributed by atoms with E-state index < -0.39 is 0 Å². The van der Waals surface area contributed by atoms with Gasteiger partial charge in [0.05, 0.1) is 6.42 Å². The summed E-state index contributed by atoms with van der Waals surface area (Å²) in [6.45, 7) is 0.215. The molecule has 1 aromatic heterocycles. The Bertz CT molecular complexity index is 581. The van der Waals surface area contributed by atoms with E-state index in [2.05, 4.69) is 4.98 Å². The molecule has 0 N–H and O–H groups in total. The van der Waals surface area contributed by atoms with E-state index in [0.29, 0.717) is 23.5 Å². The van der Waals surface area contributed by atoms with Crippen LogP contribution in [0.1, 0.15) is 16.1 Å². The highest BCUT2D eigenvalue weighted by Crippen LogP contribution is 2.32. The first kappa shape index (κ1) is 10.8. The second kappa shape index (κ2) is 4.49. The minimum atomic E-state index is 0.0204. The quantitative estimate of drug-likeness (QED) is 0.773. The monoisotopic (exact) mass is 241 g/mol. The van der Waals surface area contributed by atoms with Crippen LogP contribution in [-0.4, -0.2) is 17.6 Å². The van der Waals surface area contributed by atoms with Gasteiger partial charge in [0, 0.05) is 17.5 Å². The van der Waals surface area contributed by atoms with Crippen LogP contribution < -0.4 is 9.47 Å². The molecule has 0 saturated heterocycles. The molecule has 0 unspecified atom stereocenters. The normalized spacial score (nSPS) is 12.4. The van der Waals surface area contributed by atoms with Gasteiger partial charge in [-0.15, -0.1) is 0 Å². The van der Waals surface area contributed by atoms with E-state index >= 15 is 0 Å². The average Bonchev–Trinajstić information content (AvgIpc) is 2.87. The highest BCUT2D eigenvalue weighted by Gasteiger charge is 2.16. The molecule has 90 valence electrons. The molecule has 3 rings (SSSR count). The Balaban J connectivity index is 1.81. The first-order valence-electron chi connectivity index (χ1n) is 5.66. The second-order valence-corrected chi connectivity index (χ2v) is 3.99. The van der Waals surface area contributed by atoms with Crippen LogP contribution >= 0.6 is 0 Å². The summed E-state index contributed by atoms with van der Waals surface area (Å²) in [5.41, 5.74) is 1.38. The molecule has 2 heterocycles. The van der Waals surface area contributed by atoms with Gasteiger partial charge in [-0.1, -0.05) is 6.07 Å². The number of aromatic nitrogens is 1. The molecule has 4 nitrogen and oxygen atoms in total. The lowest BCUT2D eigenvalue weighted by atomic mass is 10.1. The molecular formula is C14H11NO3. The SMILES string of the molecule is O=C(Cc1ccccn1)c1ccc2c(c1)OCO2. The van der Waals surface area contributed by atoms with Gasteiger partial charge in [-0.2, -0.15) is 0 Å². The fourth-order valence-electron chi connectivity index (χ4n) is 1.84. The molecule has 0 amide bonds. The van der Waals surface area contributed by atoms with Crippen molar-refractivity contribution < 1.29 is 14.3 Å². The number of Topliss-reactive ketones (excluding diaryl/α,β-unsaturated/α-hetero) is 1. The molecule has 2 aromatic rings. The van der Waals surface area contributed by atoms with Crippen LogP contribution in [0.3, 0.4) is 0 Å². The van der Waals surface area contributed by atoms with Crippen molar-refractivity contribution in [2.45, 2.75) is 6.42 Å². The Labute approximate surface area is 104 Å². The van der Waals surface area contributed by atoms with Crippen molar-refractivity contribution in [2.24, 2.45) is 0 Å². The van der Waals surface area contributed by atoms with Gasteiger partial charge >= 0.3 is 0 Å². The molecule has 0 atom stereocenters. The number of rotatable bonds is 3. The van der Waals surface area contributed by atoms with Crippen LogP contribution in [0, 0.1) is 0 Å². The summed E-state index contributed by atoms with van der Waals surface area (Å²) in [6.07, 6.45) is 1.97. The highest BCUT2D eigenvalue weighted by atomic mass is 16.7. The molecular weight excluding hydrogens is 230 g/mol. The van der Waals surface area contributed by atoms with Gasteiger partial charge in [-0.05, 0) is 30.3 Å². The minimum Gasteiger partial charge on any atom is -0.454 e. The Hall–Kier alpha value is -2.36. The molecule has 0 aliphatic carbocycles. The number of carbonyl (C=O) groups excluding carboxylic acids is 1. The number of ether oxygens (including phenoxy) is 2. The zero-order valence-corrected chi connectivity index (χ0v) is 9.63. The first-order chi connectivity index (χ1) is 8.83. The fraction of sp³-hybridized carbons (Fsp3) is 0.143. The van der Waals surface area contributed by atoms with Crippen molar-refractivity contribution in [2.75, 3.05) is 6.79 Å². The molecule has 1 aromatic carbocycles. The third kappa shape index (κ3) is 2.05. The molecule has 18 heavy (non-hydrogen) atoms. The smallest absolute Gasteiger partial charge is 0.231 e. The van der Waals surface area contributed by atoms with Crippen molar-refractivity contribution >= 4 is 5.78 Å². The summed E-state index contributed by atoms with van der Waals surface area (Å²) in [5.74, 6) is 1.33. The second-order valence-electron chi connectivity index (χ2n) is 3.99. The molecule has 0 spiro atoms. The van der Waals surface area contributed by atoms with Gasteiger partial charge in [0.15, 0.2) is 17.3 Å². The zero-order chi connectivity index (χ0) is 12.4. The van der Waals surface area contributed by atoms with Gasteiger partial charge in [0.25, 0.3) is 0 Å². The fourth-order valence-corrected chi connectivity index (χ4v) is 1.84. The summed E-state index contributed by atoms with van der Waals surface area (Å²) >= 11 is 0. The number of pyridine rings is 1. The average molecular weight is 241 g/mol. The van der Waals surface area contributed by atoms with Crippen molar-refractivity contribution in [3.8, 4) is 11.5 Å². The molecule has 0 bridgehead atoms.